The van der Waals surface area contributed by atoms with E-state index in [1.807, 2.05) is 0 Å². The molecule has 1 aromatic rings. The second-order valence-corrected chi connectivity index (χ2v) is 5.50. The zero-order valence-electron chi connectivity index (χ0n) is 10.2. The Morgan fingerprint density at radius 3 is 2.47 bits per heavy atom. The van der Waals surface area contributed by atoms with Crippen molar-refractivity contribution in [3.05, 3.63) is 23.8 Å². The van der Waals surface area contributed by atoms with Gasteiger partial charge in [-0.05, 0) is 25.1 Å². The quantitative estimate of drug-likeness (QED) is 0.832. The molecule has 0 amide bonds. The highest BCUT2D eigenvalue weighted by Crippen LogP contribution is 2.23. The van der Waals surface area contributed by atoms with E-state index < -0.39 is 10.0 Å². The summed E-state index contributed by atoms with van der Waals surface area (Å²) in [6.45, 7) is 1.78. The molecule has 0 unspecified atom stereocenters. The van der Waals surface area contributed by atoms with Crippen molar-refractivity contribution < 1.29 is 17.9 Å². The van der Waals surface area contributed by atoms with Crippen LogP contribution in [0.3, 0.4) is 0 Å². The molecule has 0 saturated heterocycles. The molecule has 1 N–H and O–H groups in total. The Morgan fingerprint density at radius 2 is 1.94 bits per heavy atom. The van der Waals surface area contributed by atoms with E-state index in [-0.39, 0.29) is 12.3 Å². The first-order valence-corrected chi connectivity index (χ1v) is 6.86. The highest BCUT2D eigenvalue weighted by atomic mass is 32.2. The van der Waals surface area contributed by atoms with Crippen molar-refractivity contribution in [1.29, 1.82) is 0 Å². The number of ether oxygens (including phenoxy) is 2. The van der Waals surface area contributed by atoms with E-state index in [4.69, 9.17) is 9.47 Å². The van der Waals surface area contributed by atoms with Gasteiger partial charge in [0.1, 0.15) is 11.5 Å². The molecule has 0 fully saturated rings. The maximum absolute atomic E-state index is 11.3. The van der Waals surface area contributed by atoms with E-state index >= 15 is 0 Å². The number of benzene rings is 1. The van der Waals surface area contributed by atoms with Crippen LogP contribution in [-0.2, 0) is 16.6 Å². The molecule has 0 aromatic heterocycles. The first kappa shape index (κ1) is 13.8. The molecule has 0 heterocycles. The SMILES string of the molecule is CCS(=O)(=O)NCc1cc(OC)ccc1OC. The number of sulfonamides is 1. The molecule has 0 bridgehead atoms. The van der Waals surface area contributed by atoms with Crippen molar-refractivity contribution in [1.82, 2.24) is 4.72 Å². The monoisotopic (exact) mass is 259 g/mol. The minimum Gasteiger partial charge on any atom is -0.497 e. The molecule has 0 aliphatic heterocycles. The molecular formula is C11H17NO4S. The van der Waals surface area contributed by atoms with Gasteiger partial charge in [-0.2, -0.15) is 0 Å². The Balaban J connectivity index is 2.88. The average Bonchev–Trinajstić information content (AvgIpc) is 2.36. The Hall–Kier alpha value is -1.27. The fourth-order valence-corrected chi connectivity index (χ4v) is 1.89. The van der Waals surface area contributed by atoms with Gasteiger partial charge in [0.15, 0.2) is 0 Å². The maximum atomic E-state index is 11.3. The molecule has 96 valence electrons. The number of methoxy groups -OCH3 is 2. The molecule has 0 radical (unpaired) electrons. The van der Waals surface area contributed by atoms with Crippen molar-refractivity contribution in [3.63, 3.8) is 0 Å². The van der Waals surface area contributed by atoms with Crippen molar-refractivity contribution in [3.8, 4) is 11.5 Å². The number of hydrogen-bond donors (Lipinski definition) is 1. The van der Waals surface area contributed by atoms with Gasteiger partial charge in [-0.15, -0.1) is 0 Å². The summed E-state index contributed by atoms with van der Waals surface area (Å²) in [5.41, 5.74) is 0.740. The van der Waals surface area contributed by atoms with Gasteiger partial charge in [0.05, 0.1) is 20.0 Å². The molecular weight excluding hydrogens is 242 g/mol. The van der Waals surface area contributed by atoms with Gasteiger partial charge in [0, 0.05) is 12.1 Å². The summed E-state index contributed by atoms with van der Waals surface area (Å²) < 4.78 is 35.4. The smallest absolute Gasteiger partial charge is 0.211 e. The minimum atomic E-state index is -3.21. The first-order valence-electron chi connectivity index (χ1n) is 5.20. The van der Waals surface area contributed by atoms with Crippen LogP contribution in [0.15, 0.2) is 18.2 Å². The fraction of sp³-hybridized carbons (Fsp3) is 0.455. The van der Waals surface area contributed by atoms with Crippen LogP contribution in [0.5, 0.6) is 11.5 Å². The molecule has 0 aliphatic carbocycles. The van der Waals surface area contributed by atoms with Crippen LogP contribution < -0.4 is 14.2 Å². The first-order chi connectivity index (χ1) is 8.02. The van der Waals surface area contributed by atoms with Gasteiger partial charge in [-0.25, -0.2) is 13.1 Å². The molecule has 6 heteroatoms. The second kappa shape index (κ2) is 5.88. The van der Waals surface area contributed by atoms with Crippen LogP contribution in [0.2, 0.25) is 0 Å². The summed E-state index contributed by atoms with van der Waals surface area (Å²) in [5.74, 6) is 1.35. The van der Waals surface area contributed by atoms with Gasteiger partial charge in [-0.3, -0.25) is 0 Å². The lowest BCUT2D eigenvalue weighted by molar-refractivity contribution is 0.398. The van der Waals surface area contributed by atoms with Crippen molar-refractivity contribution >= 4 is 10.0 Å². The van der Waals surface area contributed by atoms with E-state index in [0.717, 1.165) is 5.56 Å². The normalized spacial score (nSPS) is 11.2. The summed E-state index contributed by atoms with van der Waals surface area (Å²) in [6, 6.07) is 5.25. The van der Waals surface area contributed by atoms with E-state index in [9.17, 15) is 8.42 Å². The lowest BCUT2D eigenvalue weighted by Crippen LogP contribution is -2.24. The third-order valence-corrected chi connectivity index (χ3v) is 3.69. The Morgan fingerprint density at radius 1 is 1.24 bits per heavy atom. The molecule has 0 atom stereocenters. The summed E-state index contributed by atoms with van der Waals surface area (Å²) in [7, 11) is -0.110. The van der Waals surface area contributed by atoms with Gasteiger partial charge >= 0.3 is 0 Å². The van der Waals surface area contributed by atoms with E-state index in [2.05, 4.69) is 4.72 Å². The Labute approximate surface area is 102 Å². The predicted octanol–water partition coefficient (Wildman–Crippen LogP) is 1.14. The highest BCUT2D eigenvalue weighted by molar-refractivity contribution is 7.89. The van der Waals surface area contributed by atoms with E-state index in [1.54, 1.807) is 39.3 Å². The van der Waals surface area contributed by atoms with Crippen LogP contribution in [0.25, 0.3) is 0 Å². The molecule has 0 aliphatic rings. The summed E-state index contributed by atoms with van der Waals surface area (Å²) >= 11 is 0. The number of rotatable bonds is 6. The summed E-state index contributed by atoms with van der Waals surface area (Å²) in [5, 5.41) is 0. The van der Waals surface area contributed by atoms with Crippen LogP contribution in [0, 0.1) is 0 Å². The van der Waals surface area contributed by atoms with Crippen molar-refractivity contribution in [2.75, 3.05) is 20.0 Å². The summed E-state index contributed by atoms with van der Waals surface area (Å²) in [4.78, 5) is 0. The van der Waals surface area contributed by atoms with Crippen molar-refractivity contribution in [2.24, 2.45) is 0 Å². The topological polar surface area (TPSA) is 64.6 Å². The van der Waals surface area contributed by atoms with Crippen LogP contribution in [-0.4, -0.2) is 28.4 Å². The summed E-state index contributed by atoms with van der Waals surface area (Å²) in [6.07, 6.45) is 0. The molecule has 5 nitrogen and oxygen atoms in total. The molecule has 1 aromatic carbocycles. The van der Waals surface area contributed by atoms with Crippen LogP contribution in [0.1, 0.15) is 12.5 Å². The van der Waals surface area contributed by atoms with Crippen LogP contribution in [0.4, 0.5) is 0 Å². The predicted molar refractivity (Wildman–Crippen MR) is 65.8 cm³/mol. The average molecular weight is 259 g/mol. The largest absolute Gasteiger partial charge is 0.497 e. The van der Waals surface area contributed by atoms with Gasteiger partial charge < -0.3 is 9.47 Å². The highest BCUT2D eigenvalue weighted by Gasteiger charge is 2.10. The zero-order chi connectivity index (χ0) is 12.9. The van der Waals surface area contributed by atoms with Gasteiger partial charge in [0.25, 0.3) is 0 Å². The third kappa shape index (κ3) is 3.90. The minimum absolute atomic E-state index is 0.0548. The lowest BCUT2D eigenvalue weighted by Gasteiger charge is -2.11. The standard InChI is InChI=1S/C11H17NO4S/c1-4-17(13,14)12-8-9-7-10(15-2)5-6-11(9)16-3/h5-7,12H,4,8H2,1-3H3. The fourth-order valence-electron chi connectivity index (χ4n) is 1.31. The number of nitrogens with one attached hydrogen (secondary N) is 1. The Kier molecular flexibility index (Phi) is 4.77. The van der Waals surface area contributed by atoms with Gasteiger partial charge in [-0.1, -0.05) is 0 Å². The molecule has 0 spiro atoms. The van der Waals surface area contributed by atoms with Crippen molar-refractivity contribution in [2.45, 2.75) is 13.5 Å². The molecule has 1 rings (SSSR count). The maximum Gasteiger partial charge on any atom is 0.211 e. The molecule has 17 heavy (non-hydrogen) atoms. The van der Waals surface area contributed by atoms with E-state index in [1.165, 1.54) is 0 Å². The van der Waals surface area contributed by atoms with E-state index in [0.29, 0.717) is 11.5 Å². The third-order valence-electron chi connectivity index (χ3n) is 2.35. The molecule has 0 saturated carbocycles. The van der Waals surface area contributed by atoms with Gasteiger partial charge in [0.2, 0.25) is 10.0 Å². The second-order valence-electron chi connectivity index (χ2n) is 3.40. The lowest BCUT2D eigenvalue weighted by atomic mass is 10.2. The Bertz CT molecular complexity index is 470. The number of hydrogen-bond acceptors (Lipinski definition) is 4. The van der Waals surface area contributed by atoms with Crippen LogP contribution >= 0.6 is 0 Å². The zero-order valence-corrected chi connectivity index (χ0v) is 11.0.